The highest BCUT2D eigenvalue weighted by molar-refractivity contribution is 9.11. The van der Waals surface area contributed by atoms with E-state index in [-0.39, 0.29) is 12.6 Å². The lowest BCUT2D eigenvalue weighted by Crippen LogP contribution is -2.46. The summed E-state index contributed by atoms with van der Waals surface area (Å²) >= 11 is 6.93. The molecule has 1 aliphatic heterocycles. The average molecular weight is 490 g/mol. The van der Waals surface area contributed by atoms with Gasteiger partial charge >= 0.3 is 12.0 Å². The van der Waals surface area contributed by atoms with Gasteiger partial charge in [0.2, 0.25) is 0 Å². The molecule has 1 aromatic carbocycles. The van der Waals surface area contributed by atoms with Gasteiger partial charge in [0.25, 0.3) is 0 Å². The van der Waals surface area contributed by atoms with Crippen LogP contribution in [0.5, 0.6) is 5.75 Å². The van der Waals surface area contributed by atoms with Crippen molar-refractivity contribution in [1.82, 2.24) is 10.6 Å². The van der Waals surface area contributed by atoms with E-state index < -0.39 is 12.0 Å². The number of unbranched alkanes of at least 4 members (excludes halogenated alkanes) is 1. The van der Waals surface area contributed by atoms with Crippen LogP contribution in [0.1, 0.15) is 44.7 Å². The zero-order valence-corrected chi connectivity index (χ0v) is 18.1. The third-order valence-corrected chi connectivity index (χ3v) is 5.03. The first-order chi connectivity index (χ1) is 12.4. The highest BCUT2D eigenvalue weighted by Gasteiger charge is 2.35. The van der Waals surface area contributed by atoms with E-state index >= 15 is 0 Å². The van der Waals surface area contributed by atoms with Crippen LogP contribution in [0.4, 0.5) is 4.79 Å². The van der Waals surface area contributed by atoms with Gasteiger partial charge < -0.3 is 20.1 Å². The summed E-state index contributed by atoms with van der Waals surface area (Å²) in [6, 6.07) is 2.65. The Morgan fingerprint density at radius 1 is 1.27 bits per heavy atom. The van der Waals surface area contributed by atoms with Gasteiger partial charge in [0.05, 0.1) is 29.8 Å². The number of hydrogen-bond donors (Lipinski definition) is 2. The van der Waals surface area contributed by atoms with Crippen LogP contribution in [-0.2, 0) is 9.53 Å². The normalized spacial score (nSPS) is 16.8. The van der Waals surface area contributed by atoms with Gasteiger partial charge in [-0.15, -0.1) is 0 Å². The molecule has 0 saturated carbocycles. The molecule has 0 saturated heterocycles. The van der Waals surface area contributed by atoms with Crippen molar-refractivity contribution < 1.29 is 19.1 Å². The van der Waals surface area contributed by atoms with E-state index in [9.17, 15) is 9.59 Å². The fourth-order valence-electron chi connectivity index (χ4n) is 2.86. The fourth-order valence-corrected chi connectivity index (χ4v) is 4.28. The molecule has 0 spiro atoms. The second kappa shape index (κ2) is 9.41. The Hall–Kier alpha value is -1.54. The number of urea groups is 1. The zero-order chi connectivity index (χ0) is 19.3. The molecule has 142 valence electrons. The number of esters is 1. The lowest BCUT2D eigenvalue weighted by molar-refractivity contribution is -0.139. The highest BCUT2D eigenvalue weighted by Crippen LogP contribution is 2.40. The van der Waals surface area contributed by atoms with Gasteiger partial charge in [-0.25, -0.2) is 9.59 Å². The molecule has 0 aliphatic carbocycles. The Balaban J connectivity index is 2.63. The minimum atomic E-state index is -0.668. The van der Waals surface area contributed by atoms with E-state index in [1.807, 2.05) is 12.1 Å². The molecule has 8 heteroatoms. The average Bonchev–Trinajstić information content (AvgIpc) is 2.58. The maximum absolute atomic E-state index is 12.7. The van der Waals surface area contributed by atoms with Crippen LogP contribution in [0.3, 0.4) is 0 Å². The number of hydrogen-bond acceptors (Lipinski definition) is 4. The van der Waals surface area contributed by atoms with Crippen LogP contribution >= 0.6 is 31.9 Å². The first-order valence-corrected chi connectivity index (χ1v) is 10.0. The van der Waals surface area contributed by atoms with Crippen LogP contribution in [-0.4, -0.2) is 25.7 Å². The molecule has 2 amide bonds. The van der Waals surface area contributed by atoms with Gasteiger partial charge in [-0.3, -0.25) is 0 Å². The number of amides is 2. The Bertz CT molecular complexity index is 734. The monoisotopic (exact) mass is 488 g/mol. The third-order valence-electron chi connectivity index (χ3n) is 3.98. The van der Waals surface area contributed by atoms with Crippen LogP contribution < -0.4 is 15.4 Å². The molecule has 6 nitrogen and oxygen atoms in total. The summed E-state index contributed by atoms with van der Waals surface area (Å²) in [6.45, 7) is 4.06. The number of rotatable bonds is 7. The third kappa shape index (κ3) is 4.59. The summed E-state index contributed by atoms with van der Waals surface area (Å²) in [5.74, 6) is 0.103. The molecular formula is C18H22Br2N2O4. The van der Waals surface area contributed by atoms with Crippen molar-refractivity contribution in [3.63, 3.8) is 0 Å². The van der Waals surface area contributed by atoms with Gasteiger partial charge in [-0.1, -0.05) is 29.3 Å². The smallest absolute Gasteiger partial charge is 0.338 e. The molecule has 1 unspecified atom stereocenters. The minimum Gasteiger partial charge on any atom is -0.495 e. The van der Waals surface area contributed by atoms with Gasteiger partial charge in [0.1, 0.15) is 5.75 Å². The van der Waals surface area contributed by atoms with Crippen molar-refractivity contribution in [2.45, 2.75) is 39.2 Å². The summed E-state index contributed by atoms with van der Waals surface area (Å²) in [5.41, 5.74) is 1.67. The number of carbonyl (C=O) groups is 2. The number of allylic oxidation sites excluding steroid dienone is 1. The van der Waals surface area contributed by atoms with Crippen molar-refractivity contribution in [3.05, 3.63) is 37.9 Å². The van der Waals surface area contributed by atoms with Crippen LogP contribution in [0.15, 0.2) is 32.3 Å². The van der Waals surface area contributed by atoms with Gasteiger partial charge in [-0.05, 0) is 47.8 Å². The molecule has 1 heterocycles. The minimum absolute atomic E-state index is 0.253. The molecule has 0 bridgehead atoms. The second-order valence-corrected chi connectivity index (χ2v) is 7.53. The van der Waals surface area contributed by atoms with Crippen LogP contribution in [0.25, 0.3) is 0 Å². The molecule has 0 aromatic heterocycles. The Labute approximate surface area is 170 Å². The number of benzene rings is 1. The maximum atomic E-state index is 12.7. The van der Waals surface area contributed by atoms with E-state index in [1.54, 1.807) is 14.0 Å². The Kier molecular flexibility index (Phi) is 7.52. The summed E-state index contributed by atoms with van der Waals surface area (Å²) in [5, 5.41) is 5.60. The topological polar surface area (TPSA) is 76.7 Å². The standard InChI is InChI=1S/C18H22Br2N2O4/c1-4-6-7-13-14(17(23)26-5-2)15(22-18(24)21-13)11-8-10(19)9-12(20)16(11)25-3/h8-9,15H,4-7H2,1-3H3,(H2,21,22,24). The van der Waals surface area contributed by atoms with Gasteiger partial charge in [-0.2, -0.15) is 0 Å². The molecule has 26 heavy (non-hydrogen) atoms. The van der Waals surface area contributed by atoms with Crippen molar-refractivity contribution in [2.75, 3.05) is 13.7 Å². The Morgan fingerprint density at radius 3 is 2.62 bits per heavy atom. The van der Waals surface area contributed by atoms with E-state index in [0.29, 0.717) is 29.0 Å². The molecule has 0 fully saturated rings. The van der Waals surface area contributed by atoms with E-state index in [4.69, 9.17) is 9.47 Å². The van der Waals surface area contributed by atoms with E-state index in [2.05, 4.69) is 49.4 Å². The number of carbonyl (C=O) groups excluding carboxylic acids is 2. The van der Waals surface area contributed by atoms with Crippen molar-refractivity contribution in [2.24, 2.45) is 0 Å². The molecule has 1 aliphatic rings. The largest absolute Gasteiger partial charge is 0.495 e. The molecule has 1 atom stereocenters. The lowest BCUT2D eigenvalue weighted by atomic mass is 9.93. The van der Waals surface area contributed by atoms with Crippen LogP contribution in [0.2, 0.25) is 0 Å². The van der Waals surface area contributed by atoms with E-state index in [1.165, 1.54) is 0 Å². The summed E-state index contributed by atoms with van der Waals surface area (Å²) in [4.78, 5) is 24.9. The molecule has 0 radical (unpaired) electrons. The number of halogens is 2. The first-order valence-electron chi connectivity index (χ1n) is 8.43. The molecule has 1 aromatic rings. The summed E-state index contributed by atoms with van der Waals surface area (Å²) in [6.07, 6.45) is 2.38. The number of nitrogens with one attached hydrogen (secondary N) is 2. The zero-order valence-electron chi connectivity index (χ0n) is 14.9. The molecule has 2 N–H and O–H groups in total. The van der Waals surface area contributed by atoms with Crippen LogP contribution in [0, 0.1) is 0 Å². The van der Waals surface area contributed by atoms with Crippen molar-refractivity contribution in [3.8, 4) is 5.75 Å². The highest BCUT2D eigenvalue weighted by atomic mass is 79.9. The van der Waals surface area contributed by atoms with Gasteiger partial charge in [0.15, 0.2) is 0 Å². The Morgan fingerprint density at radius 2 is 2.00 bits per heavy atom. The maximum Gasteiger partial charge on any atom is 0.338 e. The van der Waals surface area contributed by atoms with Crippen molar-refractivity contribution in [1.29, 1.82) is 0 Å². The predicted molar refractivity (Wildman–Crippen MR) is 106 cm³/mol. The quantitative estimate of drug-likeness (QED) is 0.549. The van der Waals surface area contributed by atoms with E-state index in [0.717, 1.165) is 21.8 Å². The lowest BCUT2D eigenvalue weighted by Gasteiger charge is -2.30. The number of ether oxygens (including phenoxy) is 2. The molecular weight excluding hydrogens is 468 g/mol. The van der Waals surface area contributed by atoms with Gasteiger partial charge in [0, 0.05) is 15.7 Å². The summed E-state index contributed by atoms with van der Waals surface area (Å²) in [7, 11) is 1.55. The summed E-state index contributed by atoms with van der Waals surface area (Å²) < 4.78 is 12.3. The molecule has 2 rings (SSSR count). The van der Waals surface area contributed by atoms with Crippen molar-refractivity contribution >= 4 is 43.9 Å². The predicted octanol–water partition coefficient (Wildman–Crippen LogP) is 4.58. The first kappa shape index (κ1) is 20.8. The second-order valence-electron chi connectivity index (χ2n) is 5.76. The SMILES string of the molecule is CCCCC1=C(C(=O)OCC)C(c2cc(Br)cc(Br)c2OC)NC(=O)N1. The fraction of sp³-hybridized carbons (Fsp3) is 0.444. The number of methoxy groups -OCH3 is 1.